The number of carboxylic acids is 1. The van der Waals surface area contributed by atoms with E-state index in [0.717, 1.165) is 16.7 Å². The van der Waals surface area contributed by atoms with Crippen molar-refractivity contribution in [3.63, 3.8) is 0 Å². The molecule has 0 saturated heterocycles. The number of rotatable bonds is 10. The molecule has 8 heteroatoms. The first-order chi connectivity index (χ1) is 20.3. The Kier molecular flexibility index (Phi) is 11.8. The molecule has 0 saturated carbocycles. The molecule has 0 fully saturated rings. The molecule has 0 bridgehead atoms. The lowest BCUT2D eigenvalue weighted by molar-refractivity contribution is 0.0549. The van der Waals surface area contributed by atoms with E-state index in [1.54, 1.807) is 91.0 Å². The number of phenols is 2. The summed E-state index contributed by atoms with van der Waals surface area (Å²) < 4.78 is 15.2. The van der Waals surface area contributed by atoms with Crippen LogP contribution >= 0.6 is 0 Å². The third-order valence-corrected chi connectivity index (χ3v) is 5.93. The van der Waals surface area contributed by atoms with Crippen molar-refractivity contribution in [3.8, 4) is 23.0 Å². The first-order valence-electron chi connectivity index (χ1n) is 12.9. The van der Waals surface area contributed by atoms with Crippen LogP contribution in [0.15, 0.2) is 103 Å². The van der Waals surface area contributed by atoms with Gasteiger partial charge in [-0.3, -0.25) is 0 Å². The summed E-state index contributed by atoms with van der Waals surface area (Å²) in [5.41, 5.74) is 3.31. The summed E-state index contributed by atoms with van der Waals surface area (Å²) in [6.07, 6.45) is 7.78. The smallest absolute Gasteiger partial charge is 0.338 e. The van der Waals surface area contributed by atoms with Gasteiger partial charge in [0.05, 0.1) is 25.3 Å². The lowest BCUT2D eigenvalue weighted by Gasteiger charge is -2.04. The third-order valence-electron chi connectivity index (χ3n) is 5.93. The number of carbonyl (C=O) groups excluding carboxylic acids is 1. The van der Waals surface area contributed by atoms with E-state index in [4.69, 9.17) is 19.3 Å². The van der Waals surface area contributed by atoms with Crippen LogP contribution in [0.4, 0.5) is 0 Å². The maximum atomic E-state index is 11.7. The van der Waals surface area contributed by atoms with E-state index in [1.807, 2.05) is 24.3 Å². The number of benzene rings is 4. The first-order valence-corrected chi connectivity index (χ1v) is 12.9. The van der Waals surface area contributed by atoms with Crippen molar-refractivity contribution in [2.45, 2.75) is 6.42 Å². The molecule has 0 aliphatic rings. The minimum Gasteiger partial charge on any atom is -0.504 e. The van der Waals surface area contributed by atoms with Crippen LogP contribution in [0.3, 0.4) is 0 Å². The summed E-state index contributed by atoms with van der Waals surface area (Å²) >= 11 is 0. The topological polar surface area (TPSA) is 123 Å². The summed E-state index contributed by atoms with van der Waals surface area (Å²) in [6.45, 7) is 0.177. The number of aromatic hydroxyl groups is 2. The van der Waals surface area contributed by atoms with Crippen LogP contribution in [0.5, 0.6) is 23.0 Å². The number of aromatic carboxylic acids is 1. The van der Waals surface area contributed by atoms with E-state index in [9.17, 15) is 19.8 Å². The molecule has 4 aromatic carbocycles. The number of esters is 1. The van der Waals surface area contributed by atoms with E-state index in [-0.39, 0.29) is 24.1 Å². The second-order valence-corrected chi connectivity index (χ2v) is 8.80. The van der Waals surface area contributed by atoms with Crippen LogP contribution in [-0.2, 0) is 11.2 Å². The molecule has 0 unspecified atom stereocenters. The van der Waals surface area contributed by atoms with Crippen molar-refractivity contribution in [2.75, 3.05) is 20.8 Å². The van der Waals surface area contributed by atoms with Crippen molar-refractivity contribution in [2.24, 2.45) is 0 Å². The number of carbonyl (C=O) groups is 2. The van der Waals surface area contributed by atoms with Gasteiger partial charge in [-0.2, -0.15) is 0 Å². The Morgan fingerprint density at radius 1 is 0.714 bits per heavy atom. The van der Waals surface area contributed by atoms with E-state index in [1.165, 1.54) is 14.2 Å². The predicted molar refractivity (Wildman–Crippen MR) is 161 cm³/mol. The molecule has 0 heterocycles. The molecule has 0 spiro atoms. The quantitative estimate of drug-likeness (QED) is 0.182. The molecule has 0 radical (unpaired) electrons. The molecule has 0 aliphatic carbocycles. The molecule has 0 aliphatic heterocycles. The van der Waals surface area contributed by atoms with Gasteiger partial charge in [0.25, 0.3) is 0 Å². The van der Waals surface area contributed by atoms with E-state index in [0.29, 0.717) is 29.0 Å². The maximum Gasteiger partial charge on any atom is 0.338 e. The summed E-state index contributed by atoms with van der Waals surface area (Å²) in [7, 11) is 2.98. The van der Waals surface area contributed by atoms with Crippen LogP contribution in [0.1, 0.15) is 37.4 Å². The Balaban J connectivity index is 0.000000230. The summed E-state index contributed by atoms with van der Waals surface area (Å²) in [5, 5.41) is 28.1. The summed E-state index contributed by atoms with van der Waals surface area (Å²) in [4.78, 5) is 22.8. The van der Waals surface area contributed by atoms with E-state index in [2.05, 4.69) is 0 Å². The minimum absolute atomic E-state index is 0.0881. The monoisotopic (exact) mass is 568 g/mol. The van der Waals surface area contributed by atoms with Crippen LogP contribution in [0, 0.1) is 0 Å². The van der Waals surface area contributed by atoms with Gasteiger partial charge in [-0.15, -0.1) is 0 Å². The number of allylic oxidation sites excluding steroid dienone is 1. The molecule has 3 N–H and O–H groups in total. The Labute approximate surface area is 244 Å². The number of phenolic OH excluding ortho intramolecular Hbond substituents is 2. The van der Waals surface area contributed by atoms with Crippen molar-refractivity contribution in [3.05, 3.63) is 131 Å². The molecule has 216 valence electrons. The van der Waals surface area contributed by atoms with Gasteiger partial charge >= 0.3 is 11.9 Å². The standard InChI is InChI=1S/2C17H16O4/c1-21-16-11-12(9-10-15(16)18)5-4-7-13-6-2-3-8-14(13)17(19)20;1-20-16-12-13(9-10-15(16)18)6-5-11-21-17(19)14-7-3-2-4-8-14/h2-6,8-11,18H,7H2,1H3,(H,19,20);2-10,12,18H,11H2,1H3/b5-4+;6-5+. The predicted octanol–water partition coefficient (Wildman–Crippen LogP) is 6.63. The average Bonchev–Trinajstić information content (AvgIpc) is 3.01. The van der Waals surface area contributed by atoms with Crippen molar-refractivity contribution >= 4 is 24.1 Å². The number of hydrogen-bond acceptors (Lipinski definition) is 7. The second kappa shape index (κ2) is 15.9. The fourth-order valence-electron chi connectivity index (χ4n) is 3.79. The van der Waals surface area contributed by atoms with Gasteiger partial charge in [0, 0.05) is 0 Å². The zero-order valence-corrected chi connectivity index (χ0v) is 23.3. The fourth-order valence-corrected chi connectivity index (χ4v) is 3.79. The molecule has 0 amide bonds. The van der Waals surface area contributed by atoms with Gasteiger partial charge in [0.2, 0.25) is 0 Å². The minimum atomic E-state index is -0.926. The Morgan fingerprint density at radius 3 is 1.83 bits per heavy atom. The number of hydrogen-bond donors (Lipinski definition) is 3. The first kappa shape index (κ1) is 31.0. The molecular formula is C34H32O8. The van der Waals surface area contributed by atoms with Gasteiger partial charge in [-0.25, -0.2) is 9.59 Å². The van der Waals surface area contributed by atoms with Gasteiger partial charge in [0.15, 0.2) is 23.0 Å². The van der Waals surface area contributed by atoms with Gasteiger partial charge in [-0.05, 0) is 71.7 Å². The molecule has 4 rings (SSSR count). The maximum absolute atomic E-state index is 11.7. The largest absolute Gasteiger partial charge is 0.504 e. The highest BCUT2D eigenvalue weighted by atomic mass is 16.5. The SMILES string of the molecule is COc1cc(/C=C/COC(=O)c2ccccc2)ccc1O.COc1cc(/C=C/Cc2ccccc2C(=O)O)ccc1O. The van der Waals surface area contributed by atoms with Crippen LogP contribution in [-0.4, -0.2) is 48.1 Å². The Hall–Kier alpha value is -5.50. The Bertz CT molecular complexity index is 1540. The molecule has 0 atom stereocenters. The van der Waals surface area contributed by atoms with E-state index >= 15 is 0 Å². The molecule has 0 aromatic heterocycles. The molecule has 8 nitrogen and oxygen atoms in total. The van der Waals surface area contributed by atoms with Gasteiger partial charge < -0.3 is 29.5 Å². The fraction of sp³-hybridized carbons (Fsp3) is 0.118. The van der Waals surface area contributed by atoms with Crippen molar-refractivity contribution in [1.29, 1.82) is 0 Å². The number of carboxylic acid groups (broad SMARTS) is 1. The zero-order chi connectivity index (χ0) is 30.3. The third kappa shape index (κ3) is 9.31. The average molecular weight is 569 g/mol. The van der Waals surface area contributed by atoms with Crippen molar-refractivity contribution in [1.82, 2.24) is 0 Å². The normalized spacial score (nSPS) is 10.6. The summed E-state index contributed by atoms with van der Waals surface area (Å²) in [6, 6.07) is 25.8. The second-order valence-electron chi connectivity index (χ2n) is 8.80. The van der Waals surface area contributed by atoms with Crippen LogP contribution in [0.2, 0.25) is 0 Å². The highest BCUT2D eigenvalue weighted by Crippen LogP contribution is 2.27. The van der Waals surface area contributed by atoms with Crippen LogP contribution in [0.25, 0.3) is 12.2 Å². The van der Waals surface area contributed by atoms with Crippen molar-refractivity contribution < 1.29 is 39.1 Å². The lowest BCUT2D eigenvalue weighted by atomic mass is 10.0. The lowest BCUT2D eigenvalue weighted by Crippen LogP contribution is -2.04. The van der Waals surface area contributed by atoms with Crippen LogP contribution < -0.4 is 9.47 Å². The van der Waals surface area contributed by atoms with E-state index < -0.39 is 5.97 Å². The summed E-state index contributed by atoms with van der Waals surface area (Å²) in [5.74, 6) is -0.300. The van der Waals surface area contributed by atoms with Gasteiger partial charge in [0.1, 0.15) is 6.61 Å². The molecule has 42 heavy (non-hydrogen) atoms. The van der Waals surface area contributed by atoms with Gasteiger partial charge in [-0.1, -0.05) is 66.8 Å². The molecular weight excluding hydrogens is 536 g/mol. The number of methoxy groups -OCH3 is 2. The highest BCUT2D eigenvalue weighted by molar-refractivity contribution is 5.90. The number of ether oxygens (including phenoxy) is 3. The zero-order valence-electron chi connectivity index (χ0n) is 23.3. The highest BCUT2D eigenvalue weighted by Gasteiger charge is 2.07. The molecule has 4 aromatic rings. The Morgan fingerprint density at radius 2 is 1.26 bits per heavy atom.